The smallest absolute Gasteiger partial charge is 0.258 e. The first-order valence-electron chi connectivity index (χ1n) is 7.57. The zero-order chi connectivity index (χ0) is 18.9. The van der Waals surface area contributed by atoms with E-state index in [9.17, 15) is 17.6 Å². The van der Waals surface area contributed by atoms with Crippen LogP contribution in [0.25, 0.3) is 11.3 Å². The fourth-order valence-corrected chi connectivity index (χ4v) is 3.62. The molecule has 1 heterocycles. The largest absolute Gasteiger partial charge is 0.322 e. The number of nitrogens with zero attached hydrogens (tertiary/aromatic N) is 1. The van der Waals surface area contributed by atoms with Gasteiger partial charge in [0, 0.05) is 22.9 Å². The summed E-state index contributed by atoms with van der Waals surface area (Å²) in [6.45, 7) is 1.91. The van der Waals surface area contributed by atoms with Gasteiger partial charge in [-0.25, -0.2) is 17.8 Å². The Hall–Kier alpha value is -2.58. The molecule has 5 nitrogen and oxygen atoms in total. The molecule has 8 heteroatoms. The van der Waals surface area contributed by atoms with Gasteiger partial charge in [-0.15, -0.1) is 11.3 Å². The van der Waals surface area contributed by atoms with Crippen molar-refractivity contribution in [1.82, 2.24) is 4.98 Å². The topological polar surface area (TPSA) is 76.1 Å². The molecule has 0 saturated heterocycles. The average molecular weight is 390 g/mol. The normalized spacial score (nSPS) is 11.3. The van der Waals surface area contributed by atoms with Crippen LogP contribution < -0.4 is 5.32 Å². The van der Waals surface area contributed by atoms with E-state index in [-0.39, 0.29) is 10.5 Å². The molecule has 3 aromatic rings. The first kappa shape index (κ1) is 18.2. The van der Waals surface area contributed by atoms with E-state index in [0.717, 1.165) is 34.7 Å². The highest BCUT2D eigenvalue weighted by molar-refractivity contribution is 7.90. The summed E-state index contributed by atoms with van der Waals surface area (Å²) in [6.07, 6.45) is 0.979. The number of rotatable bonds is 4. The van der Waals surface area contributed by atoms with Crippen LogP contribution in [0.3, 0.4) is 0 Å². The minimum absolute atomic E-state index is 0.174. The second-order valence-electron chi connectivity index (χ2n) is 5.70. The van der Waals surface area contributed by atoms with Gasteiger partial charge in [0.15, 0.2) is 9.84 Å². The zero-order valence-corrected chi connectivity index (χ0v) is 15.6. The predicted octanol–water partition coefficient (Wildman–Crippen LogP) is 3.91. The van der Waals surface area contributed by atoms with Crippen LogP contribution in [0.4, 0.5) is 10.1 Å². The van der Waals surface area contributed by atoms with Crippen molar-refractivity contribution in [1.29, 1.82) is 0 Å². The van der Waals surface area contributed by atoms with Gasteiger partial charge in [-0.2, -0.15) is 0 Å². The highest BCUT2D eigenvalue weighted by atomic mass is 32.2. The van der Waals surface area contributed by atoms with Gasteiger partial charge in [0.2, 0.25) is 0 Å². The number of halogens is 1. The number of thiazole rings is 1. The molecule has 1 amide bonds. The summed E-state index contributed by atoms with van der Waals surface area (Å²) in [5.74, 6) is -1.55. The molecule has 1 N–H and O–H groups in total. The Morgan fingerprint density at radius 3 is 2.58 bits per heavy atom. The zero-order valence-electron chi connectivity index (χ0n) is 14.0. The number of aromatic nitrogens is 1. The molecule has 0 aliphatic rings. The van der Waals surface area contributed by atoms with Crippen LogP contribution in [-0.2, 0) is 9.84 Å². The Balaban J connectivity index is 1.84. The predicted molar refractivity (Wildman–Crippen MR) is 99.8 cm³/mol. The maximum Gasteiger partial charge on any atom is 0.258 e. The van der Waals surface area contributed by atoms with Crippen molar-refractivity contribution in [2.75, 3.05) is 11.6 Å². The summed E-state index contributed by atoms with van der Waals surface area (Å²) in [7, 11) is -3.54. The van der Waals surface area contributed by atoms with Crippen molar-refractivity contribution < 1.29 is 17.6 Å². The van der Waals surface area contributed by atoms with Crippen molar-refractivity contribution in [2.24, 2.45) is 0 Å². The van der Waals surface area contributed by atoms with Gasteiger partial charge in [-0.05, 0) is 37.3 Å². The second-order valence-corrected chi connectivity index (χ2v) is 8.78. The van der Waals surface area contributed by atoms with Crippen molar-refractivity contribution in [3.05, 3.63) is 64.2 Å². The minimum Gasteiger partial charge on any atom is -0.322 e. The maximum absolute atomic E-state index is 14.1. The molecule has 26 heavy (non-hydrogen) atoms. The molecule has 134 valence electrons. The average Bonchev–Trinajstić information content (AvgIpc) is 3.00. The molecule has 0 radical (unpaired) electrons. The fraction of sp³-hybridized carbons (Fsp3) is 0.111. The molecule has 0 aliphatic carbocycles. The van der Waals surface area contributed by atoms with E-state index >= 15 is 0 Å². The summed E-state index contributed by atoms with van der Waals surface area (Å²) in [5, 5.41) is 5.47. The standard InChI is InChI=1S/C18H15FN2O3S2/c1-11-20-17(10-25-11)12-4-3-5-13(8-12)21-18(22)15-7-6-14(9-16(15)19)26(2,23)24/h3-10H,1-2H3,(H,21,22). The van der Waals surface area contributed by atoms with Crippen molar-refractivity contribution in [3.8, 4) is 11.3 Å². The van der Waals surface area contributed by atoms with Crippen molar-refractivity contribution in [3.63, 3.8) is 0 Å². The first-order chi connectivity index (χ1) is 12.2. The minimum atomic E-state index is -3.54. The van der Waals surface area contributed by atoms with Gasteiger partial charge in [0.25, 0.3) is 5.91 Å². The molecule has 1 aromatic heterocycles. The summed E-state index contributed by atoms with van der Waals surface area (Å²) >= 11 is 1.52. The SMILES string of the molecule is Cc1nc(-c2cccc(NC(=O)c3ccc(S(C)(=O)=O)cc3F)c2)cs1. The Bertz CT molecular complexity index is 1090. The molecule has 3 rings (SSSR count). The molecule has 0 saturated carbocycles. The van der Waals surface area contributed by atoms with E-state index in [4.69, 9.17) is 0 Å². The molecule has 0 fully saturated rings. The van der Waals surface area contributed by atoms with Gasteiger partial charge < -0.3 is 5.32 Å². The molecule has 0 spiro atoms. The molecule has 0 bridgehead atoms. The number of amides is 1. The van der Waals surface area contributed by atoms with Gasteiger partial charge >= 0.3 is 0 Å². The van der Waals surface area contributed by atoms with Crippen molar-refractivity contribution in [2.45, 2.75) is 11.8 Å². The van der Waals surface area contributed by atoms with E-state index in [1.165, 1.54) is 17.4 Å². The van der Waals surface area contributed by atoms with Crippen LogP contribution in [0.15, 0.2) is 52.7 Å². The van der Waals surface area contributed by atoms with Gasteiger partial charge in [0.05, 0.1) is 21.2 Å². The molecular weight excluding hydrogens is 375 g/mol. The lowest BCUT2D eigenvalue weighted by Crippen LogP contribution is -2.14. The van der Waals surface area contributed by atoms with E-state index in [1.807, 2.05) is 18.4 Å². The van der Waals surface area contributed by atoms with Crippen LogP contribution in [0.5, 0.6) is 0 Å². The highest BCUT2D eigenvalue weighted by Crippen LogP contribution is 2.25. The van der Waals surface area contributed by atoms with E-state index in [1.54, 1.807) is 18.2 Å². The Kier molecular flexibility index (Phi) is 4.88. The van der Waals surface area contributed by atoms with E-state index in [0.29, 0.717) is 5.69 Å². The third-order valence-electron chi connectivity index (χ3n) is 3.65. The van der Waals surface area contributed by atoms with Crippen LogP contribution in [0.1, 0.15) is 15.4 Å². The summed E-state index contributed by atoms with van der Waals surface area (Å²) in [6, 6.07) is 10.3. The number of anilines is 1. The number of nitrogens with one attached hydrogen (secondary N) is 1. The lowest BCUT2D eigenvalue weighted by Gasteiger charge is -2.08. The number of carbonyl (C=O) groups is 1. The van der Waals surface area contributed by atoms with Crippen LogP contribution >= 0.6 is 11.3 Å². The van der Waals surface area contributed by atoms with E-state index < -0.39 is 21.6 Å². The Labute approximate surface area is 154 Å². The molecular formula is C18H15FN2O3S2. The Morgan fingerprint density at radius 2 is 1.96 bits per heavy atom. The van der Waals surface area contributed by atoms with Gasteiger partial charge in [0.1, 0.15) is 5.82 Å². The number of hydrogen-bond donors (Lipinski definition) is 1. The van der Waals surface area contributed by atoms with Gasteiger partial charge in [-0.1, -0.05) is 12.1 Å². The van der Waals surface area contributed by atoms with E-state index in [2.05, 4.69) is 10.3 Å². The van der Waals surface area contributed by atoms with Gasteiger partial charge in [-0.3, -0.25) is 4.79 Å². The number of hydrogen-bond acceptors (Lipinski definition) is 5. The number of sulfone groups is 1. The summed E-state index contributed by atoms with van der Waals surface area (Å²) in [4.78, 5) is 16.6. The third kappa shape index (κ3) is 3.97. The quantitative estimate of drug-likeness (QED) is 0.733. The maximum atomic E-state index is 14.1. The number of carbonyl (C=O) groups excluding carboxylic acids is 1. The van der Waals surface area contributed by atoms with Crippen LogP contribution in [0.2, 0.25) is 0 Å². The number of aryl methyl sites for hydroxylation is 1. The van der Waals surface area contributed by atoms with Crippen LogP contribution in [-0.4, -0.2) is 25.6 Å². The monoisotopic (exact) mass is 390 g/mol. The lowest BCUT2D eigenvalue weighted by molar-refractivity contribution is 0.102. The summed E-state index contributed by atoms with van der Waals surface area (Å²) in [5.41, 5.74) is 1.89. The fourth-order valence-electron chi connectivity index (χ4n) is 2.36. The first-order valence-corrected chi connectivity index (χ1v) is 10.3. The molecule has 0 atom stereocenters. The number of benzene rings is 2. The van der Waals surface area contributed by atoms with Crippen LogP contribution in [0, 0.1) is 12.7 Å². The second kappa shape index (κ2) is 6.97. The Morgan fingerprint density at radius 1 is 1.19 bits per heavy atom. The molecule has 0 aliphatic heterocycles. The van der Waals surface area contributed by atoms with Crippen molar-refractivity contribution >= 4 is 32.8 Å². The third-order valence-corrected chi connectivity index (χ3v) is 5.53. The molecule has 0 unspecified atom stereocenters. The highest BCUT2D eigenvalue weighted by Gasteiger charge is 2.16. The summed E-state index contributed by atoms with van der Waals surface area (Å²) < 4.78 is 37.1. The molecule has 2 aromatic carbocycles. The lowest BCUT2D eigenvalue weighted by atomic mass is 10.1.